The molecule has 0 radical (unpaired) electrons. The summed E-state index contributed by atoms with van der Waals surface area (Å²) in [4.78, 5) is 36.6. The van der Waals surface area contributed by atoms with E-state index in [4.69, 9.17) is 14.5 Å². The summed E-state index contributed by atoms with van der Waals surface area (Å²) in [6.07, 6.45) is 1.15. The fourth-order valence-corrected chi connectivity index (χ4v) is 4.60. The average molecular weight is 461 g/mol. The first kappa shape index (κ1) is 22.0. The Labute approximate surface area is 199 Å². The van der Waals surface area contributed by atoms with E-state index in [9.17, 15) is 9.59 Å². The molecular weight excluding hydrogens is 432 g/mol. The summed E-state index contributed by atoms with van der Waals surface area (Å²) in [6.45, 7) is 2.91. The highest BCUT2D eigenvalue weighted by atomic mass is 16.6. The molecule has 0 N–H and O–H groups in total. The molecular formula is C26H28N4O4. The Kier molecular flexibility index (Phi) is 6.20. The van der Waals surface area contributed by atoms with Gasteiger partial charge in [0.05, 0.1) is 25.8 Å². The van der Waals surface area contributed by atoms with Crippen LogP contribution in [-0.4, -0.2) is 65.9 Å². The van der Waals surface area contributed by atoms with Gasteiger partial charge in [-0.3, -0.25) is 14.7 Å². The second kappa shape index (κ2) is 9.59. The van der Waals surface area contributed by atoms with E-state index in [1.54, 1.807) is 16.9 Å². The fraction of sp³-hybridized carbons (Fsp3) is 0.346. The maximum Gasteiger partial charge on any atom is 0.410 e. The van der Waals surface area contributed by atoms with Crippen LogP contribution >= 0.6 is 0 Å². The molecule has 3 aliphatic rings. The molecule has 8 heteroatoms. The number of hydrogen-bond donors (Lipinski definition) is 0. The molecule has 2 aromatic rings. The average Bonchev–Trinajstić information content (AvgIpc) is 2.90. The highest BCUT2D eigenvalue weighted by Gasteiger charge is 2.41. The maximum absolute atomic E-state index is 13.6. The van der Waals surface area contributed by atoms with Gasteiger partial charge in [0.2, 0.25) is 5.96 Å². The number of ether oxygens (including phenoxy) is 2. The zero-order valence-electron chi connectivity index (χ0n) is 19.3. The Morgan fingerprint density at radius 2 is 1.82 bits per heavy atom. The molecule has 5 rings (SSSR count). The summed E-state index contributed by atoms with van der Waals surface area (Å²) in [6, 6.07) is 17.3. The van der Waals surface area contributed by atoms with Gasteiger partial charge in [0.1, 0.15) is 12.4 Å². The summed E-state index contributed by atoms with van der Waals surface area (Å²) in [5.74, 6) is 1.39. The van der Waals surface area contributed by atoms with Crippen molar-refractivity contribution < 1.29 is 19.1 Å². The lowest BCUT2D eigenvalue weighted by Crippen LogP contribution is -2.57. The third-order valence-corrected chi connectivity index (χ3v) is 6.38. The van der Waals surface area contributed by atoms with E-state index in [1.807, 2.05) is 54.6 Å². The first-order valence-electron chi connectivity index (χ1n) is 11.6. The first-order valence-corrected chi connectivity index (χ1v) is 11.6. The highest BCUT2D eigenvalue weighted by molar-refractivity contribution is 6.09. The number of carbonyl (C=O) groups is 2. The SMILES string of the molecule is COc1ccc(CN2C(=O)C3=C(CCN(C(=O)OCc4ccccc4)C3)N3CCCN=C23)cc1. The van der Waals surface area contributed by atoms with Crippen LogP contribution in [0, 0.1) is 0 Å². The van der Waals surface area contributed by atoms with Gasteiger partial charge in [0, 0.05) is 31.8 Å². The molecule has 0 saturated carbocycles. The van der Waals surface area contributed by atoms with Crippen molar-refractivity contribution in [1.29, 1.82) is 0 Å². The number of methoxy groups -OCH3 is 1. The molecule has 176 valence electrons. The molecule has 0 saturated heterocycles. The molecule has 0 bridgehead atoms. The second-order valence-corrected chi connectivity index (χ2v) is 8.56. The van der Waals surface area contributed by atoms with Crippen LogP contribution < -0.4 is 4.74 Å². The number of benzene rings is 2. The van der Waals surface area contributed by atoms with E-state index in [0.717, 1.165) is 35.5 Å². The Balaban J connectivity index is 1.34. The number of amides is 2. The predicted molar refractivity (Wildman–Crippen MR) is 127 cm³/mol. The van der Waals surface area contributed by atoms with Crippen molar-refractivity contribution in [2.24, 2.45) is 4.99 Å². The third-order valence-electron chi connectivity index (χ3n) is 6.38. The summed E-state index contributed by atoms with van der Waals surface area (Å²) in [5.41, 5.74) is 3.56. The van der Waals surface area contributed by atoms with E-state index < -0.39 is 6.09 Å². The number of guanidine groups is 1. The molecule has 2 aromatic carbocycles. The van der Waals surface area contributed by atoms with Crippen molar-refractivity contribution >= 4 is 18.0 Å². The smallest absolute Gasteiger partial charge is 0.410 e. The van der Waals surface area contributed by atoms with E-state index in [1.165, 1.54) is 0 Å². The van der Waals surface area contributed by atoms with Crippen LogP contribution in [0.4, 0.5) is 4.79 Å². The van der Waals surface area contributed by atoms with Crippen molar-refractivity contribution in [3.8, 4) is 5.75 Å². The summed E-state index contributed by atoms with van der Waals surface area (Å²) in [5, 5.41) is 0. The van der Waals surface area contributed by atoms with Crippen molar-refractivity contribution in [2.45, 2.75) is 26.0 Å². The molecule has 3 aliphatic heterocycles. The standard InChI is InChI=1S/C26H28N4O4/c1-33-21-10-8-19(9-11-21)16-30-24(31)22-17-28(26(32)34-18-20-6-3-2-4-7-20)15-12-23(22)29-14-5-13-27-25(29)30/h2-4,6-11H,5,12-18H2,1H3. The monoisotopic (exact) mass is 460 g/mol. The van der Waals surface area contributed by atoms with Crippen molar-refractivity contribution in [2.75, 3.05) is 33.3 Å². The minimum absolute atomic E-state index is 0.0942. The summed E-state index contributed by atoms with van der Waals surface area (Å²) >= 11 is 0. The number of nitrogens with zero attached hydrogens (tertiary/aromatic N) is 4. The number of carbonyl (C=O) groups excluding carboxylic acids is 2. The molecule has 0 aliphatic carbocycles. The van der Waals surface area contributed by atoms with Crippen LogP contribution in [0.3, 0.4) is 0 Å². The van der Waals surface area contributed by atoms with Gasteiger partial charge in [-0.25, -0.2) is 4.79 Å². The number of hydrogen-bond acceptors (Lipinski definition) is 6. The quantitative estimate of drug-likeness (QED) is 0.684. The second-order valence-electron chi connectivity index (χ2n) is 8.56. The van der Waals surface area contributed by atoms with Crippen LogP contribution in [0.15, 0.2) is 70.9 Å². The molecule has 0 aromatic heterocycles. The van der Waals surface area contributed by atoms with Gasteiger partial charge in [0.25, 0.3) is 5.91 Å². The zero-order valence-corrected chi connectivity index (χ0v) is 19.3. The van der Waals surface area contributed by atoms with Crippen LogP contribution in [-0.2, 0) is 22.7 Å². The van der Waals surface area contributed by atoms with E-state index in [0.29, 0.717) is 37.6 Å². The third kappa shape index (κ3) is 4.35. The lowest BCUT2D eigenvalue weighted by Gasteiger charge is -2.45. The van der Waals surface area contributed by atoms with E-state index in [2.05, 4.69) is 4.90 Å². The molecule has 34 heavy (non-hydrogen) atoms. The molecule has 2 amide bonds. The lowest BCUT2D eigenvalue weighted by atomic mass is 10.00. The van der Waals surface area contributed by atoms with E-state index >= 15 is 0 Å². The number of aliphatic imine (C=N–C) groups is 1. The van der Waals surface area contributed by atoms with Gasteiger partial charge >= 0.3 is 6.09 Å². The summed E-state index contributed by atoms with van der Waals surface area (Å²) in [7, 11) is 1.63. The van der Waals surface area contributed by atoms with Crippen LogP contribution in [0.5, 0.6) is 5.75 Å². The largest absolute Gasteiger partial charge is 0.497 e. The topological polar surface area (TPSA) is 74.7 Å². The van der Waals surface area contributed by atoms with Gasteiger partial charge in [0.15, 0.2) is 0 Å². The molecule has 0 spiro atoms. The molecule has 3 heterocycles. The Morgan fingerprint density at radius 1 is 1.03 bits per heavy atom. The Hall–Kier alpha value is -3.81. The normalized spacial score (nSPS) is 17.7. The van der Waals surface area contributed by atoms with Crippen molar-refractivity contribution in [3.05, 3.63) is 77.0 Å². The Morgan fingerprint density at radius 3 is 2.59 bits per heavy atom. The lowest BCUT2D eigenvalue weighted by molar-refractivity contribution is -0.125. The van der Waals surface area contributed by atoms with E-state index in [-0.39, 0.29) is 19.1 Å². The summed E-state index contributed by atoms with van der Waals surface area (Å²) < 4.78 is 10.8. The first-order chi connectivity index (χ1) is 16.6. The highest BCUT2D eigenvalue weighted by Crippen LogP contribution is 2.32. The van der Waals surface area contributed by atoms with Crippen LogP contribution in [0.2, 0.25) is 0 Å². The molecule has 0 unspecified atom stereocenters. The molecule has 0 fully saturated rings. The minimum Gasteiger partial charge on any atom is -0.497 e. The van der Waals surface area contributed by atoms with Gasteiger partial charge in [-0.1, -0.05) is 42.5 Å². The zero-order chi connectivity index (χ0) is 23.5. The predicted octanol–water partition coefficient (Wildman–Crippen LogP) is 3.40. The van der Waals surface area contributed by atoms with Crippen LogP contribution in [0.25, 0.3) is 0 Å². The molecule has 0 atom stereocenters. The van der Waals surface area contributed by atoms with Gasteiger partial charge in [-0.2, -0.15) is 0 Å². The minimum atomic E-state index is -0.400. The van der Waals surface area contributed by atoms with Crippen LogP contribution in [0.1, 0.15) is 24.0 Å². The van der Waals surface area contributed by atoms with Crippen molar-refractivity contribution in [1.82, 2.24) is 14.7 Å². The van der Waals surface area contributed by atoms with Gasteiger partial charge in [-0.15, -0.1) is 0 Å². The number of rotatable bonds is 5. The number of fused-ring (bicyclic) bond motifs is 2. The van der Waals surface area contributed by atoms with Gasteiger partial charge < -0.3 is 19.3 Å². The maximum atomic E-state index is 13.6. The molecule has 8 nitrogen and oxygen atoms in total. The van der Waals surface area contributed by atoms with Crippen molar-refractivity contribution in [3.63, 3.8) is 0 Å². The Bertz CT molecular complexity index is 1130. The fourth-order valence-electron chi connectivity index (χ4n) is 4.60. The van der Waals surface area contributed by atoms with Gasteiger partial charge in [-0.05, 0) is 29.7 Å².